The number of aldehydes is 1. The van der Waals surface area contributed by atoms with Crippen LogP contribution in [0.3, 0.4) is 0 Å². The summed E-state index contributed by atoms with van der Waals surface area (Å²) in [6.07, 6.45) is 2.36. The van der Waals surface area contributed by atoms with Crippen molar-refractivity contribution in [2.75, 3.05) is 0 Å². The van der Waals surface area contributed by atoms with E-state index in [1.165, 1.54) is 5.56 Å². The van der Waals surface area contributed by atoms with E-state index in [-0.39, 0.29) is 12.4 Å². The molecule has 3 nitrogen and oxygen atoms in total. The van der Waals surface area contributed by atoms with Gasteiger partial charge >= 0.3 is 0 Å². The Bertz CT molecular complexity index is 505. The summed E-state index contributed by atoms with van der Waals surface area (Å²) in [6.45, 7) is 4.07. The van der Waals surface area contributed by atoms with Gasteiger partial charge in [-0.1, -0.05) is 23.8 Å². The van der Waals surface area contributed by atoms with Gasteiger partial charge in [0.2, 0.25) is 0 Å². The molecule has 0 unspecified atom stereocenters. The first-order chi connectivity index (χ1) is 7.22. The summed E-state index contributed by atoms with van der Waals surface area (Å²) >= 11 is 0. The third-order valence-corrected chi connectivity index (χ3v) is 2.45. The normalized spacial score (nSPS) is 9.62. The van der Waals surface area contributed by atoms with E-state index < -0.39 is 0 Å². The van der Waals surface area contributed by atoms with Gasteiger partial charge in [-0.05, 0) is 19.4 Å². The maximum absolute atomic E-state index is 10.8. The largest absolute Gasteiger partial charge is 0.298 e. The van der Waals surface area contributed by atoms with Crippen LogP contribution in [0.5, 0.6) is 0 Å². The van der Waals surface area contributed by atoms with Gasteiger partial charge in [-0.3, -0.25) is 9.89 Å². The summed E-state index contributed by atoms with van der Waals surface area (Å²) in [5, 5.41) is 6.73. The van der Waals surface area contributed by atoms with Crippen molar-refractivity contribution in [3.8, 4) is 11.3 Å². The quantitative estimate of drug-likeness (QED) is 0.815. The van der Waals surface area contributed by atoms with Crippen molar-refractivity contribution >= 4 is 18.7 Å². The van der Waals surface area contributed by atoms with Gasteiger partial charge in [0.15, 0.2) is 6.29 Å². The number of benzene rings is 1. The third-order valence-electron chi connectivity index (χ3n) is 2.45. The lowest BCUT2D eigenvalue weighted by Gasteiger charge is -2.04. The highest BCUT2D eigenvalue weighted by atomic mass is 35.5. The zero-order valence-electron chi connectivity index (χ0n) is 9.15. The molecular formula is C12H13ClN2O. The summed E-state index contributed by atoms with van der Waals surface area (Å²) in [7, 11) is 0. The van der Waals surface area contributed by atoms with Crippen LogP contribution in [0.4, 0.5) is 0 Å². The molecule has 2 aromatic rings. The van der Waals surface area contributed by atoms with Gasteiger partial charge in [0, 0.05) is 5.56 Å². The van der Waals surface area contributed by atoms with Crippen molar-refractivity contribution in [3.05, 3.63) is 41.1 Å². The van der Waals surface area contributed by atoms with Crippen LogP contribution in [0.15, 0.2) is 24.4 Å². The molecule has 0 aliphatic heterocycles. The Morgan fingerprint density at radius 2 is 2.06 bits per heavy atom. The van der Waals surface area contributed by atoms with Crippen LogP contribution in [0.2, 0.25) is 0 Å². The Hall–Kier alpha value is -1.61. The van der Waals surface area contributed by atoms with Crippen LogP contribution in [0.25, 0.3) is 11.3 Å². The third kappa shape index (κ3) is 2.14. The first-order valence-corrected chi connectivity index (χ1v) is 4.78. The molecule has 0 atom stereocenters. The van der Waals surface area contributed by atoms with Crippen LogP contribution in [0, 0.1) is 13.8 Å². The minimum atomic E-state index is 0. The van der Waals surface area contributed by atoms with Gasteiger partial charge in [-0.2, -0.15) is 5.10 Å². The lowest BCUT2D eigenvalue weighted by Crippen LogP contribution is -1.88. The average molecular weight is 237 g/mol. The van der Waals surface area contributed by atoms with E-state index in [0.29, 0.717) is 5.56 Å². The Labute approximate surface area is 100 Å². The van der Waals surface area contributed by atoms with Crippen LogP contribution in [-0.4, -0.2) is 16.5 Å². The summed E-state index contributed by atoms with van der Waals surface area (Å²) in [5.41, 5.74) is 4.77. The zero-order chi connectivity index (χ0) is 10.8. The molecule has 0 aliphatic carbocycles. The molecule has 0 amide bonds. The minimum absolute atomic E-state index is 0. The Kier molecular flexibility index (Phi) is 3.85. The highest BCUT2D eigenvalue weighted by Crippen LogP contribution is 2.24. The molecule has 4 heteroatoms. The summed E-state index contributed by atoms with van der Waals surface area (Å²) in [5.74, 6) is 0. The van der Waals surface area contributed by atoms with Crippen molar-refractivity contribution < 1.29 is 4.79 Å². The van der Waals surface area contributed by atoms with Crippen LogP contribution in [-0.2, 0) is 0 Å². The van der Waals surface area contributed by atoms with Gasteiger partial charge in [-0.25, -0.2) is 0 Å². The van der Waals surface area contributed by atoms with Crippen molar-refractivity contribution in [2.45, 2.75) is 13.8 Å². The second-order valence-corrected chi connectivity index (χ2v) is 3.64. The van der Waals surface area contributed by atoms with E-state index in [1.807, 2.05) is 26.0 Å². The zero-order valence-corrected chi connectivity index (χ0v) is 9.97. The smallest absolute Gasteiger partial charge is 0.153 e. The second-order valence-electron chi connectivity index (χ2n) is 3.64. The first kappa shape index (κ1) is 12.5. The molecule has 0 aliphatic rings. The molecule has 1 aromatic carbocycles. The predicted octanol–water partition coefficient (Wildman–Crippen LogP) is 2.93. The van der Waals surface area contributed by atoms with Gasteiger partial charge in [0.1, 0.15) is 0 Å². The molecule has 1 N–H and O–H groups in total. The number of rotatable bonds is 2. The van der Waals surface area contributed by atoms with Crippen molar-refractivity contribution in [2.24, 2.45) is 0 Å². The maximum atomic E-state index is 10.8. The minimum Gasteiger partial charge on any atom is -0.298 e. The van der Waals surface area contributed by atoms with Crippen molar-refractivity contribution in [3.63, 3.8) is 0 Å². The molecule has 0 spiro atoms. The predicted molar refractivity (Wildman–Crippen MR) is 66.1 cm³/mol. The molecule has 1 aromatic heterocycles. The Morgan fingerprint density at radius 3 is 2.69 bits per heavy atom. The van der Waals surface area contributed by atoms with Crippen molar-refractivity contribution in [1.82, 2.24) is 10.2 Å². The summed E-state index contributed by atoms with van der Waals surface area (Å²) in [6, 6.07) is 6.12. The summed E-state index contributed by atoms with van der Waals surface area (Å²) in [4.78, 5) is 10.8. The molecule has 0 radical (unpaired) electrons. The molecule has 0 bridgehead atoms. The number of aryl methyl sites for hydroxylation is 2. The Morgan fingerprint density at radius 1 is 1.31 bits per heavy atom. The summed E-state index contributed by atoms with van der Waals surface area (Å²) < 4.78 is 0. The number of nitrogens with zero attached hydrogens (tertiary/aromatic N) is 1. The van der Waals surface area contributed by atoms with E-state index in [9.17, 15) is 4.79 Å². The molecule has 2 rings (SSSR count). The fourth-order valence-corrected chi connectivity index (χ4v) is 1.69. The van der Waals surface area contributed by atoms with Crippen LogP contribution < -0.4 is 0 Å². The van der Waals surface area contributed by atoms with E-state index in [0.717, 1.165) is 23.1 Å². The fraction of sp³-hybridized carbons (Fsp3) is 0.167. The number of aromatic nitrogens is 2. The molecule has 84 valence electrons. The number of hydrogen-bond donors (Lipinski definition) is 1. The number of nitrogens with one attached hydrogen (secondary N) is 1. The molecule has 16 heavy (non-hydrogen) atoms. The van der Waals surface area contributed by atoms with Gasteiger partial charge in [0.25, 0.3) is 0 Å². The van der Waals surface area contributed by atoms with Gasteiger partial charge in [-0.15, -0.1) is 12.4 Å². The number of carbonyl (C=O) groups excluding carboxylic acids is 1. The lowest BCUT2D eigenvalue weighted by molar-refractivity contribution is 0.112. The molecule has 0 saturated heterocycles. The van der Waals surface area contributed by atoms with Crippen LogP contribution >= 0.6 is 12.4 Å². The molecular weight excluding hydrogens is 224 g/mol. The number of H-pyrrole nitrogens is 1. The number of carbonyl (C=O) groups is 1. The highest BCUT2D eigenvalue weighted by molar-refractivity contribution is 5.86. The lowest BCUT2D eigenvalue weighted by atomic mass is 10.0. The van der Waals surface area contributed by atoms with E-state index in [4.69, 9.17) is 0 Å². The average Bonchev–Trinajstić information content (AvgIpc) is 2.65. The second kappa shape index (κ2) is 4.94. The monoisotopic (exact) mass is 236 g/mol. The Balaban J connectivity index is 0.00000128. The topological polar surface area (TPSA) is 45.8 Å². The molecule has 1 heterocycles. The van der Waals surface area contributed by atoms with E-state index in [1.54, 1.807) is 6.20 Å². The highest BCUT2D eigenvalue weighted by Gasteiger charge is 2.08. The molecule has 0 fully saturated rings. The van der Waals surface area contributed by atoms with Gasteiger partial charge in [0.05, 0.1) is 17.5 Å². The fourth-order valence-electron chi connectivity index (χ4n) is 1.69. The molecule has 0 saturated carbocycles. The SMILES string of the molecule is Cc1ccc(-c2[nH]ncc2C=O)c(C)c1.Cl. The standard InChI is InChI=1S/C12H12N2O.ClH/c1-8-3-4-11(9(2)5-8)12-10(7-15)6-13-14-12;/h3-7H,1-2H3,(H,13,14);1H. The maximum Gasteiger partial charge on any atom is 0.153 e. The number of halogens is 1. The van der Waals surface area contributed by atoms with E-state index in [2.05, 4.69) is 16.3 Å². The van der Waals surface area contributed by atoms with E-state index >= 15 is 0 Å². The van der Waals surface area contributed by atoms with Crippen molar-refractivity contribution in [1.29, 1.82) is 0 Å². The first-order valence-electron chi connectivity index (χ1n) is 4.78. The van der Waals surface area contributed by atoms with Crippen LogP contribution in [0.1, 0.15) is 21.5 Å². The van der Waals surface area contributed by atoms with Gasteiger partial charge < -0.3 is 0 Å². The number of aromatic amines is 1. The number of hydrogen-bond acceptors (Lipinski definition) is 2.